The molecule has 2 aliphatic carbocycles. The van der Waals surface area contributed by atoms with Crippen LogP contribution in [0.15, 0.2) is 29.3 Å². The third kappa shape index (κ3) is 6.71. The topological polar surface area (TPSA) is 99.4 Å². The summed E-state index contributed by atoms with van der Waals surface area (Å²) in [5.41, 5.74) is 8.20. The van der Waals surface area contributed by atoms with Gasteiger partial charge >= 0.3 is 0 Å². The number of nitrogens with zero attached hydrogens (tertiary/aromatic N) is 3. The maximum Gasteiger partial charge on any atom is 0.216 e. The van der Waals surface area contributed by atoms with Crippen LogP contribution in [0.25, 0.3) is 11.0 Å². The molecule has 0 bridgehead atoms. The summed E-state index contributed by atoms with van der Waals surface area (Å²) in [6, 6.07) is 8.75. The summed E-state index contributed by atoms with van der Waals surface area (Å²) in [5.74, 6) is 2.64. The van der Waals surface area contributed by atoms with Crippen LogP contribution in [0.4, 0.5) is 5.95 Å². The number of anilines is 1. The normalized spacial score (nSPS) is 23.4. The molecule has 3 atom stereocenters. The molecule has 33 heavy (non-hydrogen) atoms. The third-order valence-electron chi connectivity index (χ3n) is 7.59. The molecule has 2 fully saturated rings. The molecule has 0 saturated heterocycles. The highest BCUT2D eigenvalue weighted by atomic mass is 16.1. The summed E-state index contributed by atoms with van der Waals surface area (Å²) in [7, 11) is 1.68. The number of aromatic nitrogens is 2. The Kier molecular flexibility index (Phi) is 8.24. The Labute approximate surface area is 197 Å². The fourth-order valence-corrected chi connectivity index (χ4v) is 5.71. The molecular weight excluding hydrogens is 412 g/mol. The van der Waals surface area contributed by atoms with Crippen molar-refractivity contribution in [3.63, 3.8) is 0 Å². The van der Waals surface area contributed by atoms with Gasteiger partial charge in [0.25, 0.3) is 0 Å². The lowest BCUT2D eigenvalue weighted by Crippen LogP contribution is -2.35. The minimum Gasteiger partial charge on any atom is -0.369 e. The van der Waals surface area contributed by atoms with E-state index in [1.54, 1.807) is 7.05 Å². The molecule has 1 amide bonds. The fraction of sp³-hybridized carbons (Fsp3) is 0.654. The lowest BCUT2D eigenvalue weighted by Gasteiger charge is -2.32. The van der Waals surface area contributed by atoms with E-state index in [9.17, 15) is 4.79 Å². The van der Waals surface area contributed by atoms with Crippen LogP contribution in [-0.4, -0.2) is 46.4 Å². The molecule has 2 aliphatic rings. The van der Waals surface area contributed by atoms with Gasteiger partial charge in [-0.3, -0.25) is 9.69 Å². The number of aliphatic imine (C=N–C) groups is 1. The smallest absolute Gasteiger partial charge is 0.216 e. The summed E-state index contributed by atoms with van der Waals surface area (Å²) in [6.07, 6.45) is 15.6. The number of guanidine groups is 1. The number of carbonyl (C=O) groups is 1. The Morgan fingerprint density at radius 3 is 2.79 bits per heavy atom. The van der Waals surface area contributed by atoms with E-state index in [-0.39, 0.29) is 6.04 Å². The summed E-state index contributed by atoms with van der Waals surface area (Å²) in [5, 5.41) is 3.64. The van der Waals surface area contributed by atoms with E-state index in [0.29, 0.717) is 17.9 Å². The Morgan fingerprint density at radius 2 is 2.00 bits per heavy atom. The number of H-pyrrole nitrogens is 1. The van der Waals surface area contributed by atoms with Gasteiger partial charge < -0.3 is 16.0 Å². The van der Waals surface area contributed by atoms with Crippen LogP contribution in [-0.2, 0) is 4.79 Å². The Balaban J connectivity index is 1.36. The lowest BCUT2D eigenvalue weighted by atomic mass is 9.80. The van der Waals surface area contributed by atoms with E-state index in [2.05, 4.69) is 16.4 Å². The molecule has 180 valence electrons. The van der Waals surface area contributed by atoms with E-state index in [0.717, 1.165) is 48.6 Å². The first kappa shape index (κ1) is 23.6. The number of imidazole rings is 1. The first-order valence-electron chi connectivity index (χ1n) is 12.8. The van der Waals surface area contributed by atoms with Crippen molar-refractivity contribution in [2.75, 3.05) is 12.4 Å². The zero-order chi connectivity index (χ0) is 23.0. The molecule has 0 radical (unpaired) electrons. The second-order valence-corrected chi connectivity index (χ2v) is 10.2. The van der Waals surface area contributed by atoms with Crippen molar-refractivity contribution in [2.24, 2.45) is 22.6 Å². The zero-order valence-corrected chi connectivity index (χ0v) is 20.0. The second-order valence-electron chi connectivity index (χ2n) is 10.2. The standard InChI is InChI=1S/C26H40N6O/c1-32(18-33)25(27)28-22(15-14-19-8-3-2-4-9-19)17-20-10-7-11-21(16-20)29-26-30-23-12-5-6-13-24(23)31-26/h5-6,12-13,18-22H,2-4,7-11,14-17H2,1H3,(H2,27,28)(H2,29,30,31)/t20-,21+,22+/m0/s1. The van der Waals surface area contributed by atoms with Gasteiger partial charge in [-0.15, -0.1) is 0 Å². The highest BCUT2D eigenvalue weighted by Crippen LogP contribution is 2.33. The van der Waals surface area contributed by atoms with Crippen molar-refractivity contribution in [1.82, 2.24) is 14.9 Å². The van der Waals surface area contributed by atoms with Crippen molar-refractivity contribution in [2.45, 2.75) is 89.1 Å². The molecule has 2 saturated carbocycles. The lowest BCUT2D eigenvalue weighted by molar-refractivity contribution is -0.114. The first-order valence-corrected chi connectivity index (χ1v) is 12.8. The zero-order valence-electron chi connectivity index (χ0n) is 20.0. The molecule has 1 aromatic carbocycles. The van der Waals surface area contributed by atoms with E-state index >= 15 is 0 Å². The van der Waals surface area contributed by atoms with Crippen LogP contribution >= 0.6 is 0 Å². The van der Waals surface area contributed by atoms with Gasteiger partial charge in [0.1, 0.15) is 0 Å². The largest absolute Gasteiger partial charge is 0.369 e. The van der Waals surface area contributed by atoms with Crippen LogP contribution in [0.2, 0.25) is 0 Å². The number of hydrogen-bond acceptors (Lipinski definition) is 4. The van der Waals surface area contributed by atoms with Crippen LogP contribution in [0.3, 0.4) is 0 Å². The van der Waals surface area contributed by atoms with Gasteiger partial charge in [0.05, 0.1) is 17.1 Å². The number of amides is 1. The molecule has 0 aliphatic heterocycles. The van der Waals surface area contributed by atoms with Crippen molar-refractivity contribution in [1.29, 1.82) is 0 Å². The first-order chi connectivity index (χ1) is 16.1. The predicted octanol–water partition coefficient (Wildman–Crippen LogP) is 5.06. The number of nitrogens with one attached hydrogen (secondary N) is 2. The number of nitrogens with two attached hydrogens (primary N) is 1. The molecule has 2 aromatic rings. The minimum absolute atomic E-state index is 0.185. The molecule has 7 heteroatoms. The Bertz CT molecular complexity index is 885. The maximum atomic E-state index is 11.2. The second kappa shape index (κ2) is 11.5. The SMILES string of the molecule is CN(C=O)C(N)=N[C@H](CCC1CCCCC1)C[C@H]1CCC[C@@H](Nc2nc3ccccc3[nH]2)C1. The molecule has 0 spiro atoms. The molecule has 7 nitrogen and oxygen atoms in total. The van der Waals surface area contributed by atoms with Gasteiger partial charge in [0.2, 0.25) is 12.4 Å². The molecule has 4 N–H and O–H groups in total. The van der Waals surface area contributed by atoms with Gasteiger partial charge in [-0.25, -0.2) is 9.98 Å². The number of hydrogen-bond donors (Lipinski definition) is 3. The van der Waals surface area contributed by atoms with Gasteiger partial charge in [-0.1, -0.05) is 57.1 Å². The van der Waals surface area contributed by atoms with E-state index in [4.69, 9.17) is 15.7 Å². The van der Waals surface area contributed by atoms with Crippen molar-refractivity contribution < 1.29 is 4.79 Å². The summed E-state index contributed by atoms with van der Waals surface area (Å²) in [6.45, 7) is 0. The van der Waals surface area contributed by atoms with E-state index < -0.39 is 0 Å². The van der Waals surface area contributed by atoms with E-state index in [1.807, 2.05) is 18.2 Å². The van der Waals surface area contributed by atoms with E-state index in [1.165, 1.54) is 62.7 Å². The van der Waals surface area contributed by atoms with Crippen LogP contribution in [0.5, 0.6) is 0 Å². The van der Waals surface area contributed by atoms with Crippen molar-refractivity contribution in [3.8, 4) is 0 Å². The summed E-state index contributed by atoms with van der Waals surface area (Å²) < 4.78 is 0. The van der Waals surface area contributed by atoms with Crippen LogP contribution < -0.4 is 11.1 Å². The molecule has 1 heterocycles. The monoisotopic (exact) mass is 452 g/mol. The number of para-hydroxylation sites is 2. The minimum atomic E-state index is 0.185. The van der Waals surface area contributed by atoms with Gasteiger partial charge in [-0.05, 0) is 56.1 Å². The number of fused-ring (bicyclic) bond motifs is 1. The molecular formula is C26H40N6O. The maximum absolute atomic E-state index is 11.2. The average molecular weight is 453 g/mol. The van der Waals surface area contributed by atoms with Crippen LogP contribution in [0, 0.1) is 11.8 Å². The van der Waals surface area contributed by atoms with Crippen molar-refractivity contribution in [3.05, 3.63) is 24.3 Å². The van der Waals surface area contributed by atoms with Gasteiger partial charge in [0, 0.05) is 13.1 Å². The third-order valence-corrected chi connectivity index (χ3v) is 7.59. The summed E-state index contributed by atoms with van der Waals surface area (Å²) in [4.78, 5) is 25.5. The van der Waals surface area contributed by atoms with Crippen LogP contribution in [0.1, 0.15) is 77.0 Å². The quantitative estimate of drug-likeness (QED) is 0.281. The average Bonchev–Trinajstić information content (AvgIpc) is 3.25. The number of benzene rings is 1. The molecule has 0 unspecified atom stereocenters. The molecule has 4 rings (SSSR count). The van der Waals surface area contributed by atoms with Gasteiger partial charge in [-0.2, -0.15) is 0 Å². The number of carbonyl (C=O) groups excluding carboxylic acids is 1. The van der Waals surface area contributed by atoms with Crippen molar-refractivity contribution >= 4 is 29.4 Å². The highest BCUT2D eigenvalue weighted by molar-refractivity contribution is 5.87. The predicted molar refractivity (Wildman–Crippen MR) is 135 cm³/mol. The van der Waals surface area contributed by atoms with Gasteiger partial charge in [0.15, 0.2) is 5.96 Å². The highest BCUT2D eigenvalue weighted by Gasteiger charge is 2.26. The Morgan fingerprint density at radius 1 is 1.21 bits per heavy atom. The summed E-state index contributed by atoms with van der Waals surface area (Å²) >= 11 is 0. The number of aromatic amines is 1. The number of rotatable bonds is 9. The fourth-order valence-electron chi connectivity index (χ4n) is 5.71. The molecule has 1 aromatic heterocycles. The Hall–Kier alpha value is -2.57.